The van der Waals surface area contributed by atoms with Crippen LogP contribution in [-0.2, 0) is 17.8 Å². The van der Waals surface area contributed by atoms with Crippen LogP contribution in [0, 0.1) is 5.82 Å². The zero-order valence-electron chi connectivity index (χ0n) is 12.4. The van der Waals surface area contributed by atoms with Gasteiger partial charge in [-0.05, 0) is 36.4 Å². The number of aromatic nitrogens is 1. The summed E-state index contributed by atoms with van der Waals surface area (Å²) in [7, 11) is 0. The maximum atomic E-state index is 13.5. The molecule has 1 N–H and O–H groups in total. The lowest BCUT2D eigenvalue weighted by Gasteiger charge is -2.26. The van der Waals surface area contributed by atoms with Gasteiger partial charge in [0, 0.05) is 47.7 Å². The molecule has 116 valence electrons. The average molecular weight is 310 g/mol. The van der Waals surface area contributed by atoms with Crippen LogP contribution in [0.3, 0.4) is 0 Å². The molecule has 1 aliphatic rings. The van der Waals surface area contributed by atoms with Gasteiger partial charge >= 0.3 is 0 Å². The summed E-state index contributed by atoms with van der Waals surface area (Å²) in [6.45, 7) is 1.13. The van der Waals surface area contributed by atoms with Crippen LogP contribution in [0.1, 0.15) is 17.0 Å². The number of nitrogens with one attached hydrogen (secondary N) is 1. The molecule has 0 bridgehead atoms. The number of hydrogen-bond donors (Lipinski definition) is 1. The van der Waals surface area contributed by atoms with Crippen molar-refractivity contribution in [3.05, 3.63) is 65.5 Å². The minimum Gasteiger partial charge on any atom is -0.465 e. The summed E-state index contributed by atoms with van der Waals surface area (Å²) in [6.07, 6.45) is 5.48. The van der Waals surface area contributed by atoms with E-state index in [2.05, 4.69) is 4.98 Å². The Morgan fingerprint density at radius 1 is 1.35 bits per heavy atom. The third-order valence-corrected chi connectivity index (χ3v) is 4.18. The fourth-order valence-corrected chi connectivity index (χ4v) is 3.02. The largest absolute Gasteiger partial charge is 0.465 e. The molecule has 0 unspecified atom stereocenters. The van der Waals surface area contributed by atoms with Crippen molar-refractivity contribution in [2.24, 2.45) is 0 Å². The number of halogens is 1. The molecule has 0 saturated carbocycles. The number of benzene rings is 1. The summed E-state index contributed by atoms with van der Waals surface area (Å²) in [6, 6.07) is 8.28. The van der Waals surface area contributed by atoms with E-state index >= 15 is 0 Å². The number of furan rings is 1. The highest BCUT2D eigenvalue weighted by atomic mass is 19.1. The van der Waals surface area contributed by atoms with Crippen molar-refractivity contribution in [3.63, 3.8) is 0 Å². The van der Waals surface area contributed by atoms with E-state index in [1.54, 1.807) is 35.4 Å². The molecule has 2 aromatic heterocycles. The molecule has 3 heterocycles. The van der Waals surface area contributed by atoms with Crippen molar-refractivity contribution in [1.82, 2.24) is 9.88 Å². The SMILES string of the molecule is O=C(/C=C/c1ccco1)N1CCc2[nH]c3ccc(F)cc3c2C1. The van der Waals surface area contributed by atoms with Gasteiger partial charge in [0.25, 0.3) is 0 Å². The zero-order chi connectivity index (χ0) is 15.8. The molecule has 0 atom stereocenters. The molecule has 1 amide bonds. The van der Waals surface area contributed by atoms with Gasteiger partial charge in [-0.3, -0.25) is 4.79 Å². The van der Waals surface area contributed by atoms with Gasteiger partial charge in [-0.25, -0.2) is 4.39 Å². The van der Waals surface area contributed by atoms with Crippen LogP contribution >= 0.6 is 0 Å². The number of carbonyl (C=O) groups excluding carboxylic acids is 1. The monoisotopic (exact) mass is 310 g/mol. The lowest BCUT2D eigenvalue weighted by molar-refractivity contribution is -0.126. The van der Waals surface area contributed by atoms with Crippen LogP contribution in [0.5, 0.6) is 0 Å². The molecule has 0 radical (unpaired) electrons. The standard InChI is InChI=1S/C18H15FN2O2/c19-12-3-5-16-14(10-12)15-11-21(8-7-17(15)20-16)18(22)6-4-13-2-1-9-23-13/h1-6,9-10,20H,7-8,11H2/b6-4+. The van der Waals surface area contributed by atoms with Crippen molar-refractivity contribution in [2.75, 3.05) is 6.54 Å². The van der Waals surface area contributed by atoms with Gasteiger partial charge in [0.2, 0.25) is 5.91 Å². The number of fused-ring (bicyclic) bond motifs is 3. The van der Waals surface area contributed by atoms with Crippen LogP contribution in [-0.4, -0.2) is 22.3 Å². The van der Waals surface area contributed by atoms with Gasteiger partial charge < -0.3 is 14.3 Å². The quantitative estimate of drug-likeness (QED) is 0.737. The van der Waals surface area contributed by atoms with Crippen LogP contribution in [0.4, 0.5) is 4.39 Å². The predicted octanol–water partition coefficient (Wildman–Crippen LogP) is 3.50. The lowest BCUT2D eigenvalue weighted by atomic mass is 10.0. The Hall–Kier alpha value is -2.82. The Labute approximate surface area is 132 Å². The normalized spacial score (nSPS) is 14.6. The van der Waals surface area contributed by atoms with Crippen molar-refractivity contribution in [2.45, 2.75) is 13.0 Å². The maximum Gasteiger partial charge on any atom is 0.247 e. The van der Waals surface area contributed by atoms with Gasteiger partial charge in [-0.1, -0.05) is 0 Å². The van der Waals surface area contributed by atoms with Crippen molar-refractivity contribution >= 4 is 22.9 Å². The average Bonchev–Trinajstić information content (AvgIpc) is 3.19. The number of aromatic amines is 1. The number of hydrogen-bond acceptors (Lipinski definition) is 2. The topological polar surface area (TPSA) is 49.2 Å². The highest BCUT2D eigenvalue weighted by molar-refractivity contribution is 5.92. The molecular formula is C18H15FN2O2. The van der Waals surface area contributed by atoms with Crippen molar-refractivity contribution in [3.8, 4) is 0 Å². The van der Waals surface area contributed by atoms with E-state index in [1.165, 1.54) is 18.2 Å². The molecule has 0 spiro atoms. The van der Waals surface area contributed by atoms with E-state index in [0.29, 0.717) is 18.8 Å². The van der Waals surface area contributed by atoms with E-state index in [0.717, 1.165) is 28.6 Å². The Kier molecular flexibility index (Phi) is 3.26. The van der Waals surface area contributed by atoms with Gasteiger partial charge in [0.05, 0.1) is 6.26 Å². The van der Waals surface area contributed by atoms with Gasteiger partial charge in [0.15, 0.2) is 0 Å². The molecule has 3 aromatic rings. The van der Waals surface area contributed by atoms with Crippen LogP contribution in [0.2, 0.25) is 0 Å². The molecule has 1 aromatic carbocycles. The van der Waals surface area contributed by atoms with E-state index in [-0.39, 0.29) is 11.7 Å². The second-order valence-electron chi connectivity index (χ2n) is 5.63. The van der Waals surface area contributed by atoms with Crippen LogP contribution in [0.25, 0.3) is 17.0 Å². The van der Waals surface area contributed by atoms with Gasteiger partial charge in [-0.15, -0.1) is 0 Å². The fraction of sp³-hybridized carbons (Fsp3) is 0.167. The predicted molar refractivity (Wildman–Crippen MR) is 85.1 cm³/mol. The minimum atomic E-state index is -0.263. The minimum absolute atomic E-state index is 0.0715. The zero-order valence-corrected chi connectivity index (χ0v) is 12.4. The first-order chi connectivity index (χ1) is 11.2. The van der Waals surface area contributed by atoms with E-state index in [4.69, 9.17) is 4.42 Å². The van der Waals surface area contributed by atoms with E-state index < -0.39 is 0 Å². The number of nitrogens with zero attached hydrogens (tertiary/aromatic N) is 1. The summed E-state index contributed by atoms with van der Waals surface area (Å²) in [5.74, 6) is 0.309. The molecular weight excluding hydrogens is 295 g/mol. The van der Waals surface area contributed by atoms with Crippen molar-refractivity contribution < 1.29 is 13.6 Å². The fourth-order valence-electron chi connectivity index (χ4n) is 3.02. The Bertz CT molecular complexity index is 893. The van der Waals surface area contributed by atoms with E-state index in [1.807, 2.05) is 0 Å². The first-order valence-corrected chi connectivity index (χ1v) is 7.50. The Morgan fingerprint density at radius 3 is 3.09 bits per heavy atom. The van der Waals surface area contributed by atoms with Crippen LogP contribution in [0.15, 0.2) is 47.1 Å². The summed E-state index contributed by atoms with van der Waals surface area (Å²) >= 11 is 0. The number of carbonyl (C=O) groups is 1. The van der Waals surface area contributed by atoms with Crippen LogP contribution < -0.4 is 0 Å². The molecule has 0 saturated heterocycles. The third-order valence-electron chi connectivity index (χ3n) is 4.18. The number of rotatable bonds is 2. The molecule has 4 rings (SSSR count). The molecule has 23 heavy (non-hydrogen) atoms. The molecule has 1 aliphatic heterocycles. The molecule has 5 heteroatoms. The smallest absolute Gasteiger partial charge is 0.247 e. The highest BCUT2D eigenvalue weighted by Gasteiger charge is 2.23. The van der Waals surface area contributed by atoms with E-state index in [9.17, 15) is 9.18 Å². The summed E-state index contributed by atoms with van der Waals surface area (Å²) in [5.41, 5.74) is 3.01. The molecule has 4 nitrogen and oxygen atoms in total. The summed E-state index contributed by atoms with van der Waals surface area (Å²) in [4.78, 5) is 17.4. The first-order valence-electron chi connectivity index (χ1n) is 7.50. The summed E-state index contributed by atoms with van der Waals surface area (Å²) in [5, 5.41) is 0.854. The lowest BCUT2D eigenvalue weighted by Crippen LogP contribution is -2.34. The summed E-state index contributed by atoms with van der Waals surface area (Å²) < 4.78 is 18.7. The second-order valence-corrected chi connectivity index (χ2v) is 5.63. The Balaban J connectivity index is 1.59. The van der Waals surface area contributed by atoms with Gasteiger partial charge in [-0.2, -0.15) is 0 Å². The second kappa shape index (κ2) is 5.43. The number of H-pyrrole nitrogens is 1. The van der Waals surface area contributed by atoms with Crippen molar-refractivity contribution in [1.29, 1.82) is 0 Å². The first kappa shape index (κ1) is 13.8. The number of amides is 1. The molecule has 0 fully saturated rings. The molecule has 0 aliphatic carbocycles. The Morgan fingerprint density at radius 2 is 2.26 bits per heavy atom. The highest BCUT2D eigenvalue weighted by Crippen LogP contribution is 2.28. The third kappa shape index (κ3) is 2.54. The van der Waals surface area contributed by atoms with Gasteiger partial charge in [0.1, 0.15) is 11.6 Å². The maximum absolute atomic E-state index is 13.5.